The molecule has 116 valence electrons. The van der Waals surface area contributed by atoms with Crippen molar-refractivity contribution in [2.75, 3.05) is 0 Å². The minimum absolute atomic E-state index is 0.0377. The molecular formula is C18H16N2O3. The van der Waals surface area contributed by atoms with Crippen LogP contribution in [0.15, 0.2) is 58.0 Å². The van der Waals surface area contributed by atoms with Crippen LogP contribution in [-0.4, -0.2) is 17.2 Å². The predicted octanol–water partition coefficient (Wildman–Crippen LogP) is 3.46. The lowest BCUT2D eigenvalue weighted by molar-refractivity contribution is 0.0954. The van der Waals surface area contributed by atoms with E-state index in [1.807, 2.05) is 31.2 Å². The Labute approximate surface area is 133 Å². The molecule has 1 heterocycles. The zero-order valence-electron chi connectivity index (χ0n) is 12.6. The standard InChI is InChI=1S/C18H16N2O3/c1-2-16-15(14-8-3-4-9-17(14)23-16)11-19-20-18(22)12-6-5-7-13(21)10-12/h3-11,21H,2H2,1H3,(H,20,22)/b19-11-. The van der Waals surface area contributed by atoms with Gasteiger partial charge in [0.15, 0.2) is 0 Å². The molecule has 2 N–H and O–H groups in total. The lowest BCUT2D eigenvalue weighted by atomic mass is 10.1. The van der Waals surface area contributed by atoms with Crippen LogP contribution in [0.5, 0.6) is 5.75 Å². The number of hydrogen-bond donors (Lipinski definition) is 2. The Morgan fingerprint density at radius 2 is 2.09 bits per heavy atom. The van der Waals surface area contributed by atoms with Crippen LogP contribution in [0.3, 0.4) is 0 Å². The number of hydrazone groups is 1. The first kappa shape index (κ1) is 14.8. The topological polar surface area (TPSA) is 74.8 Å². The fourth-order valence-electron chi connectivity index (χ4n) is 2.39. The molecule has 3 rings (SSSR count). The largest absolute Gasteiger partial charge is 0.508 e. The van der Waals surface area contributed by atoms with Crippen molar-refractivity contribution in [1.29, 1.82) is 0 Å². The van der Waals surface area contributed by atoms with Crippen LogP contribution in [0, 0.1) is 0 Å². The van der Waals surface area contributed by atoms with Crippen molar-refractivity contribution in [3.63, 3.8) is 0 Å². The van der Waals surface area contributed by atoms with Gasteiger partial charge in [-0.1, -0.05) is 31.2 Å². The monoisotopic (exact) mass is 308 g/mol. The number of phenols is 1. The Hall–Kier alpha value is -3.08. The molecule has 0 aliphatic heterocycles. The maximum absolute atomic E-state index is 12.0. The second-order valence-corrected chi connectivity index (χ2v) is 5.04. The Morgan fingerprint density at radius 3 is 2.87 bits per heavy atom. The molecule has 0 aliphatic carbocycles. The summed E-state index contributed by atoms with van der Waals surface area (Å²) >= 11 is 0. The first-order valence-corrected chi connectivity index (χ1v) is 7.32. The number of carbonyl (C=O) groups is 1. The number of furan rings is 1. The van der Waals surface area contributed by atoms with E-state index in [1.165, 1.54) is 12.1 Å². The van der Waals surface area contributed by atoms with Crippen LogP contribution in [0.2, 0.25) is 0 Å². The number of fused-ring (bicyclic) bond motifs is 1. The molecule has 3 aromatic rings. The number of nitrogens with one attached hydrogen (secondary N) is 1. The van der Waals surface area contributed by atoms with E-state index in [-0.39, 0.29) is 11.7 Å². The summed E-state index contributed by atoms with van der Waals surface area (Å²) in [5, 5.41) is 14.4. The molecular weight excluding hydrogens is 292 g/mol. The van der Waals surface area contributed by atoms with Crippen LogP contribution in [-0.2, 0) is 6.42 Å². The Morgan fingerprint density at radius 1 is 1.26 bits per heavy atom. The molecule has 0 unspecified atom stereocenters. The van der Waals surface area contributed by atoms with Crippen LogP contribution >= 0.6 is 0 Å². The van der Waals surface area contributed by atoms with Gasteiger partial charge in [-0.2, -0.15) is 5.10 Å². The van der Waals surface area contributed by atoms with Crippen LogP contribution in [0.4, 0.5) is 0 Å². The summed E-state index contributed by atoms with van der Waals surface area (Å²) in [6.07, 6.45) is 2.32. The molecule has 0 spiro atoms. The molecule has 2 aromatic carbocycles. The number of aromatic hydroxyl groups is 1. The van der Waals surface area contributed by atoms with Gasteiger partial charge < -0.3 is 9.52 Å². The average molecular weight is 308 g/mol. The van der Waals surface area contributed by atoms with Gasteiger partial charge in [0.2, 0.25) is 0 Å². The Bertz CT molecular complexity index is 881. The van der Waals surface area contributed by atoms with Crippen molar-refractivity contribution >= 4 is 23.1 Å². The highest BCUT2D eigenvalue weighted by Gasteiger charge is 2.10. The average Bonchev–Trinajstić information content (AvgIpc) is 2.93. The van der Waals surface area contributed by atoms with E-state index in [4.69, 9.17) is 4.42 Å². The molecule has 0 bridgehead atoms. The lowest BCUT2D eigenvalue weighted by Crippen LogP contribution is -2.17. The van der Waals surface area contributed by atoms with E-state index >= 15 is 0 Å². The molecule has 1 aromatic heterocycles. The van der Waals surface area contributed by atoms with Crippen molar-refractivity contribution in [2.24, 2.45) is 5.10 Å². The van der Waals surface area contributed by atoms with Crippen LogP contribution in [0.1, 0.15) is 28.6 Å². The number of aryl methyl sites for hydroxylation is 1. The Kier molecular flexibility index (Phi) is 4.10. The number of hydrogen-bond acceptors (Lipinski definition) is 4. The molecule has 1 amide bonds. The number of carbonyl (C=O) groups excluding carboxylic acids is 1. The van der Waals surface area contributed by atoms with E-state index in [2.05, 4.69) is 10.5 Å². The van der Waals surface area contributed by atoms with Crippen molar-refractivity contribution in [1.82, 2.24) is 5.43 Å². The van der Waals surface area contributed by atoms with Crippen molar-refractivity contribution < 1.29 is 14.3 Å². The predicted molar refractivity (Wildman–Crippen MR) is 88.8 cm³/mol. The second-order valence-electron chi connectivity index (χ2n) is 5.04. The molecule has 0 radical (unpaired) electrons. The highest BCUT2D eigenvalue weighted by atomic mass is 16.3. The fraction of sp³-hybridized carbons (Fsp3) is 0.111. The highest BCUT2D eigenvalue weighted by Crippen LogP contribution is 2.24. The van der Waals surface area contributed by atoms with E-state index in [1.54, 1.807) is 18.3 Å². The summed E-state index contributed by atoms with van der Waals surface area (Å²) in [6.45, 7) is 2.00. The Balaban J connectivity index is 1.82. The van der Waals surface area contributed by atoms with Crippen molar-refractivity contribution in [3.8, 4) is 5.75 Å². The number of rotatable bonds is 4. The van der Waals surface area contributed by atoms with Gasteiger partial charge in [0.25, 0.3) is 5.91 Å². The SMILES string of the molecule is CCc1oc2ccccc2c1/C=N\NC(=O)c1cccc(O)c1. The van der Waals surface area contributed by atoms with Gasteiger partial charge in [0.05, 0.1) is 6.21 Å². The van der Waals surface area contributed by atoms with Crippen LogP contribution < -0.4 is 5.43 Å². The molecule has 0 atom stereocenters. The van der Waals surface area contributed by atoms with Gasteiger partial charge in [-0.15, -0.1) is 0 Å². The first-order chi connectivity index (χ1) is 11.2. The third-order valence-corrected chi connectivity index (χ3v) is 3.50. The van der Waals surface area contributed by atoms with Gasteiger partial charge in [-0.05, 0) is 24.3 Å². The molecule has 5 nitrogen and oxygen atoms in total. The van der Waals surface area contributed by atoms with Gasteiger partial charge in [-0.3, -0.25) is 4.79 Å². The lowest BCUT2D eigenvalue weighted by Gasteiger charge is -2.00. The van der Waals surface area contributed by atoms with Crippen molar-refractivity contribution in [3.05, 3.63) is 65.4 Å². The number of benzene rings is 2. The van der Waals surface area contributed by atoms with Crippen molar-refractivity contribution in [2.45, 2.75) is 13.3 Å². The molecule has 0 aliphatic rings. The van der Waals surface area contributed by atoms with E-state index < -0.39 is 0 Å². The minimum atomic E-state index is -0.386. The maximum atomic E-state index is 12.0. The number of nitrogens with zero attached hydrogens (tertiary/aromatic N) is 1. The van der Waals surface area contributed by atoms with Gasteiger partial charge in [-0.25, -0.2) is 5.43 Å². The summed E-state index contributed by atoms with van der Waals surface area (Å²) in [5.41, 5.74) is 4.46. The first-order valence-electron chi connectivity index (χ1n) is 7.32. The summed E-state index contributed by atoms with van der Waals surface area (Å²) in [4.78, 5) is 12.0. The smallest absolute Gasteiger partial charge is 0.271 e. The zero-order valence-corrected chi connectivity index (χ0v) is 12.6. The summed E-state index contributed by atoms with van der Waals surface area (Å²) in [5.74, 6) is 0.472. The third kappa shape index (κ3) is 3.08. The summed E-state index contributed by atoms with van der Waals surface area (Å²) < 4.78 is 5.77. The molecule has 0 saturated carbocycles. The van der Waals surface area contributed by atoms with Gasteiger partial charge in [0.1, 0.15) is 17.1 Å². The minimum Gasteiger partial charge on any atom is -0.508 e. The molecule has 23 heavy (non-hydrogen) atoms. The fourth-order valence-corrected chi connectivity index (χ4v) is 2.39. The van der Waals surface area contributed by atoms with E-state index in [9.17, 15) is 9.90 Å². The zero-order chi connectivity index (χ0) is 16.2. The maximum Gasteiger partial charge on any atom is 0.271 e. The molecule has 0 saturated heterocycles. The quantitative estimate of drug-likeness (QED) is 0.572. The second kappa shape index (κ2) is 6.36. The van der Waals surface area contributed by atoms with Crippen LogP contribution in [0.25, 0.3) is 11.0 Å². The number of phenolic OH excluding ortho intramolecular Hbond substituents is 1. The van der Waals surface area contributed by atoms with E-state index in [0.717, 1.165) is 28.7 Å². The molecule has 5 heteroatoms. The normalized spacial score (nSPS) is 11.2. The highest BCUT2D eigenvalue weighted by molar-refractivity contribution is 6.00. The summed E-state index contributed by atoms with van der Waals surface area (Å²) in [6, 6.07) is 13.8. The summed E-state index contributed by atoms with van der Waals surface area (Å²) in [7, 11) is 0. The van der Waals surface area contributed by atoms with Gasteiger partial charge >= 0.3 is 0 Å². The van der Waals surface area contributed by atoms with Gasteiger partial charge in [0, 0.05) is 22.9 Å². The third-order valence-electron chi connectivity index (χ3n) is 3.50. The number of para-hydroxylation sites is 1. The molecule has 0 fully saturated rings. The number of amides is 1. The van der Waals surface area contributed by atoms with E-state index in [0.29, 0.717) is 5.56 Å².